The van der Waals surface area contributed by atoms with Gasteiger partial charge in [-0.15, -0.1) is 0 Å². The van der Waals surface area contributed by atoms with E-state index in [0.717, 1.165) is 0 Å². The Morgan fingerprint density at radius 1 is 1.24 bits per heavy atom. The van der Waals surface area contributed by atoms with Crippen LogP contribution in [-0.4, -0.2) is 17.0 Å². The third-order valence-corrected chi connectivity index (χ3v) is 2.54. The molecule has 2 N–H and O–H groups in total. The topological polar surface area (TPSA) is 66.4 Å². The molecule has 0 fully saturated rings. The molecule has 1 aromatic carbocycles. The van der Waals surface area contributed by atoms with E-state index in [1.54, 1.807) is 24.3 Å². The summed E-state index contributed by atoms with van der Waals surface area (Å²) in [4.78, 5) is 22.4. The van der Waals surface area contributed by atoms with Gasteiger partial charge in [-0.05, 0) is 32.0 Å². The fourth-order valence-electron chi connectivity index (χ4n) is 1.12. The molecule has 0 saturated carbocycles. The van der Waals surface area contributed by atoms with E-state index in [2.05, 4.69) is 5.32 Å². The van der Waals surface area contributed by atoms with Gasteiger partial charge in [-0.1, -0.05) is 17.7 Å². The fourth-order valence-corrected chi connectivity index (χ4v) is 1.31. The molecule has 0 radical (unpaired) electrons. The molecular formula is C12H12ClNO3. The zero-order chi connectivity index (χ0) is 13.0. The van der Waals surface area contributed by atoms with E-state index in [1.807, 2.05) is 0 Å². The number of carbonyl (C=O) groups excluding carboxylic acids is 1. The second-order valence-electron chi connectivity index (χ2n) is 3.52. The van der Waals surface area contributed by atoms with Crippen LogP contribution in [0.1, 0.15) is 13.8 Å². The van der Waals surface area contributed by atoms with Gasteiger partial charge in [0.05, 0.1) is 0 Å². The maximum absolute atomic E-state index is 11.7. The lowest BCUT2D eigenvalue weighted by Gasteiger charge is -2.07. The van der Waals surface area contributed by atoms with Crippen molar-refractivity contribution in [3.63, 3.8) is 0 Å². The first-order valence-electron chi connectivity index (χ1n) is 4.89. The van der Waals surface area contributed by atoms with E-state index in [9.17, 15) is 9.59 Å². The Morgan fingerprint density at radius 3 is 2.41 bits per heavy atom. The largest absolute Gasteiger partial charge is 0.478 e. The van der Waals surface area contributed by atoms with Crippen molar-refractivity contribution in [2.75, 3.05) is 5.32 Å². The normalized spacial score (nSPS) is 11.7. The van der Waals surface area contributed by atoms with Crippen LogP contribution in [0, 0.1) is 0 Å². The number of carboxylic acid groups (broad SMARTS) is 1. The van der Waals surface area contributed by atoms with Gasteiger partial charge in [0.15, 0.2) is 0 Å². The van der Waals surface area contributed by atoms with Crippen molar-refractivity contribution in [2.24, 2.45) is 0 Å². The van der Waals surface area contributed by atoms with Crippen LogP contribution in [0.25, 0.3) is 0 Å². The van der Waals surface area contributed by atoms with Crippen LogP contribution in [0.5, 0.6) is 0 Å². The molecule has 4 nitrogen and oxygen atoms in total. The smallest absolute Gasteiger partial charge is 0.331 e. The number of hydrogen-bond acceptors (Lipinski definition) is 2. The Kier molecular flexibility index (Phi) is 4.29. The number of hydrogen-bond donors (Lipinski definition) is 2. The van der Waals surface area contributed by atoms with Crippen LogP contribution in [0.4, 0.5) is 5.69 Å². The highest BCUT2D eigenvalue weighted by Gasteiger charge is 2.12. The van der Waals surface area contributed by atoms with E-state index in [4.69, 9.17) is 16.7 Å². The molecule has 0 aromatic heterocycles. The number of carbonyl (C=O) groups is 2. The molecule has 0 bridgehead atoms. The average Bonchev–Trinajstić information content (AvgIpc) is 2.26. The van der Waals surface area contributed by atoms with Gasteiger partial charge in [0.2, 0.25) is 0 Å². The minimum absolute atomic E-state index is 0.0181. The van der Waals surface area contributed by atoms with Crippen molar-refractivity contribution in [3.8, 4) is 0 Å². The van der Waals surface area contributed by atoms with Crippen molar-refractivity contribution >= 4 is 29.2 Å². The van der Waals surface area contributed by atoms with Crippen LogP contribution in [-0.2, 0) is 9.59 Å². The second kappa shape index (κ2) is 5.50. The number of rotatable bonds is 3. The quantitative estimate of drug-likeness (QED) is 0.814. The van der Waals surface area contributed by atoms with Crippen LogP contribution in [0.15, 0.2) is 35.4 Å². The standard InChI is InChI=1S/C12H12ClNO3/c1-7(8(2)12(16)17)11(15)14-10-5-3-4-9(13)6-10/h3-6H,1-2H3,(H,14,15)(H,16,17). The van der Waals surface area contributed by atoms with E-state index in [0.29, 0.717) is 10.7 Å². The first kappa shape index (κ1) is 13.3. The summed E-state index contributed by atoms with van der Waals surface area (Å²) < 4.78 is 0. The summed E-state index contributed by atoms with van der Waals surface area (Å²) in [6.45, 7) is 2.85. The van der Waals surface area contributed by atoms with Gasteiger partial charge in [0, 0.05) is 21.9 Å². The number of amides is 1. The summed E-state index contributed by atoms with van der Waals surface area (Å²) in [6.07, 6.45) is 0. The van der Waals surface area contributed by atoms with Crippen LogP contribution >= 0.6 is 11.6 Å². The van der Waals surface area contributed by atoms with Gasteiger partial charge in [-0.3, -0.25) is 4.79 Å². The van der Waals surface area contributed by atoms with Crippen LogP contribution in [0.2, 0.25) is 5.02 Å². The van der Waals surface area contributed by atoms with Gasteiger partial charge in [-0.25, -0.2) is 4.79 Å². The first-order valence-corrected chi connectivity index (χ1v) is 5.27. The zero-order valence-corrected chi connectivity index (χ0v) is 10.2. The van der Waals surface area contributed by atoms with Gasteiger partial charge >= 0.3 is 5.97 Å². The Morgan fingerprint density at radius 2 is 1.88 bits per heavy atom. The highest BCUT2D eigenvalue weighted by molar-refractivity contribution is 6.31. The number of aliphatic carboxylic acids is 1. The highest BCUT2D eigenvalue weighted by atomic mass is 35.5. The monoisotopic (exact) mass is 253 g/mol. The number of carboxylic acids is 1. The fraction of sp³-hybridized carbons (Fsp3) is 0.167. The predicted molar refractivity (Wildman–Crippen MR) is 66.1 cm³/mol. The summed E-state index contributed by atoms with van der Waals surface area (Å²) in [5.74, 6) is -1.56. The number of nitrogens with one attached hydrogen (secondary N) is 1. The Bertz CT molecular complexity index is 494. The molecule has 0 aliphatic rings. The first-order chi connectivity index (χ1) is 7.91. The molecule has 0 aliphatic heterocycles. The SMILES string of the molecule is CC(C(=O)O)=C(C)C(=O)Nc1cccc(Cl)c1. The Balaban J connectivity index is 2.87. The lowest BCUT2D eigenvalue weighted by atomic mass is 10.1. The maximum Gasteiger partial charge on any atom is 0.331 e. The minimum atomic E-state index is -1.11. The molecule has 17 heavy (non-hydrogen) atoms. The molecular weight excluding hydrogens is 242 g/mol. The highest BCUT2D eigenvalue weighted by Crippen LogP contribution is 2.16. The Hall–Kier alpha value is -1.81. The molecule has 0 heterocycles. The Labute approximate surface area is 104 Å². The minimum Gasteiger partial charge on any atom is -0.478 e. The summed E-state index contributed by atoms with van der Waals surface area (Å²) in [5.41, 5.74) is 0.710. The lowest BCUT2D eigenvalue weighted by molar-refractivity contribution is -0.133. The van der Waals surface area contributed by atoms with E-state index < -0.39 is 11.9 Å². The maximum atomic E-state index is 11.7. The lowest BCUT2D eigenvalue weighted by Crippen LogP contribution is -2.16. The van der Waals surface area contributed by atoms with Gasteiger partial charge in [0.25, 0.3) is 5.91 Å². The average molecular weight is 254 g/mol. The molecule has 1 amide bonds. The third kappa shape index (κ3) is 3.60. The molecule has 1 rings (SSSR count). The van der Waals surface area contributed by atoms with E-state index >= 15 is 0 Å². The zero-order valence-electron chi connectivity index (χ0n) is 9.45. The van der Waals surface area contributed by atoms with Gasteiger partial charge in [-0.2, -0.15) is 0 Å². The molecule has 0 atom stereocenters. The molecule has 1 aromatic rings. The third-order valence-electron chi connectivity index (χ3n) is 2.31. The predicted octanol–water partition coefficient (Wildman–Crippen LogP) is 2.70. The van der Waals surface area contributed by atoms with Crippen LogP contribution < -0.4 is 5.32 Å². The summed E-state index contributed by atoms with van der Waals surface area (Å²) in [6, 6.07) is 6.64. The number of halogens is 1. The number of anilines is 1. The van der Waals surface area contributed by atoms with Crippen molar-refractivity contribution in [3.05, 3.63) is 40.4 Å². The van der Waals surface area contributed by atoms with Gasteiger partial charge < -0.3 is 10.4 Å². The van der Waals surface area contributed by atoms with Crippen molar-refractivity contribution < 1.29 is 14.7 Å². The number of benzene rings is 1. The second-order valence-corrected chi connectivity index (χ2v) is 3.96. The van der Waals surface area contributed by atoms with E-state index in [-0.39, 0.29) is 11.1 Å². The van der Waals surface area contributed by atoms with Crippen molar-refractivity contribution in [1.82, 2.24) is 0 Å². The summed E-state index contributed by atoms with van der Waals surface area (Å²) in [5, 5.41) is 11.8. The molecule has 0 saturated heterocycles. The molecule has 0 aliphatic carbocycles. The molecule has 0 unspecified atom stereocenters. The van der Waals surface area contributed by atoms with Crippen LogP contribution in [0.3, 0.4) is 0 Å². The van der Waals surface area contributed by atoms with Crippen molar-refractivity contribution in [1.29, 1.82) is 0 Å². The summed E-state index contributed by atoms with van der Waals surface area (Å²) in [7, 11) is 0. The van der Waals surface area contributed by atoms with E-state index in [1.165, 1.54) is 13.8 Å². The van der Waals surface area contributed by atoms with Gasteiger partial charge in [0.1, 0.15) is 0 Å². The summed E-state index contributed by atoms with van der Waals surface area (Å²) >= 11 is 5.76. The molecule has 0 spiro atoms. The van der Waals surface area contributed by atoms with Crippen molar-refractivity contribution in [2.45, 2.75) is 13.8 Å². The molecule has 90 valence electrons. The molecule has 5 heteroatoms.